The van der Waals surface area contributed by atoms with Crippen LogP contribution >= 0.6 is 0 Å². The number of aromatic nitrogens is 6. The number of fused-ring (bicyclic) bond motifs is 1. The van der Waals surface area contributed by atoms with E-state index < -0.39 is 0 Å². The summed E-state index contributed by atoms with van der Waals surface area (Å²) in [7, 11) is 0. The van der Waals surface area contributed by atoms with Crippen molar-refractivity contribution >= 4 is 11.4 Å². The molecule has 0 atom stereocenters. The smallest absolute Gasteiger partial charge is 0.255 e. The summed E-state index contributed by atoms with van der Waals surface area (Å²) in [5, 5.41) is 26.3. The number of carbonyl (C=O) groups excluding carboxylic acids is 1. The minimum atomic E-state index is -0.309. The normalized spacial score (nSPS) is 14.1. The van der Waals surface area contributed by atoms with E-state index in [1.807, 2.05) is 4.90 Å². The number of likely N-dealkylation sites (tertiary alicyclic amines) is 1. The first-order chi connectivity index (χ1) is 16.8. The molecule has 1 aliphatic heterocycles. The Morgan fingerprint density at radius 2 is 2.00 bits per heavy atom. The van der Waals surface area contributed by atoms with Gasteiger partial charge < -0.3 is 19.3 Å². The lowest BCUT2D eigenvalue weighted by Gasteiger charge is -2.19. The van der Waals surface area contributed by atoms with E-state index in [4.69, 9.17) is 9.26 Å². The van der Waals surface area contributed by atoms with Crippen LogP contribution in [0.4, 0.5) is 0 Å². The van der Waals surface area contributed by atoms with E-state index in [1.54, 1.807) is 35.1 Å². The van der Waals surface area contributed by atoms with Crippen molar-refractivity contribution in [1.82, 2.24) is 34.9 Å². The van der Waals surface area contributed by atoms with Crippen LogP contribution in [0, 0.1) is 0 Å². The lowest BCUT2D eigenvalue weighted by Crippen LogP contribution is -2.27. The Morgan fingerprint density at radius 3 is 2.66 bits per heavy atom. The zero-order valence-electron chi connectivity index (χ0n) is 19.9. The van der Waals surface area contributed by atoms with Crippen molar-refractivity contribution in [3.63, 3.8) is 0 Å². The summed E-state index contributed by atoms with van der Waals surface area (Å²) >= 11 is 0. The third kappa shape index (κ3) is 4.46. The summed E-state index contributed by atoms with van der Waals surface area (Å²) in [6.45, 7) is 7.70. The Kier molecular flexibility index (Phi) is 5.93. The topological polar surface area (TPSA) is 132 Å². The summed E-state index contributed by atoms with van der Waals surface area (Å²) < 4.78 is 12.9. The molecule has 35 heavy (non-hydrogen) atoms. The van der Waals surface area contributed by atoms with Crippen LogP contribution in [-0.2, 0) is 18.6 Å². The summed E-state index contributed by atoms with van der Waals surface area (Å²) in [5.74, 6) is 1.13. The molecule has 0 unspecified atom stereocenters. The third-order valence-electron chi connectivity index (χ3n) is 5.94. The quantitative estimate of drug-likeness (QED) is 0.445. The number of aliphatic hydroxyl groups is 1. The molecule has 11 heteroatoms. The summed E-state index contributed by atoms with van der Waals surface area (Å²) in [5.41, 5.74) is 2.94. The molecule has 1 saturated heterocycles. The molecule has 1 amide bonds. The van der Waals surface area contributed by atoms with Crippen molar-refractivity contribution in [3.05, 3.63) is 53.2 Å². The molecular formula is C24H27N7O4. The van der Waals surface area contributed by atoms with Crippen LogP contribution in [0.3, 0.4) is 0 Å². The lowest BCUT2D eigenvalue weighted by molar-refractivity contribution is 0.0792. The zero-order chi connectivity index (χ0) is 24.6. The van der Waals surface area contributed by atoms with E-state index in [0.717, 1.165) is 37.0 Å². The molecule has 0 bridgehead atoms. The SMILES string of the molecule is CC(C)(C)c1c(OCc2ccc(C(=O)N3CCCC3)cn2)nn2c(-c3cc(CO)on3)nncc12. The molecule has 0 radical (unpaired) electrons. The van der Waals surface area contributed by atoms with Gasteiger partial charge in [0.15, 0.2) is 11.5 Å². The van der Waals surface area contributed by atoms with Gasteiger partial charge in [0.1, 0.15) is 13.2 Å². The molecule has 5 heterocycles. The number of nitrogens with zero attached hydrogens (tertiary/aromatic N) is 7. The van der Waals surface area contributed by atoms with Crippen LogP contribution in [0.15, 0.2) is 35.1 Å². The molecule has 1 N–H and O–H groups in total. The highest BCUT2D eigenvalue weighted by Crippen LogP contribution is 2.36. The van der Waals surface area contributed by atoms with E-state index in [0.29, 0.717) is 34.4 Å². The van der Waals surface area contributed by atoms with Crippen molar-refractivity contribution in [3.8, 4) is 17.4 Å². The van der Waals surface area contributed by atoms with Crippen LogP contribution in [0.1, 0.15) is 61.0 Å². The van der Waals surface area contributed by atoms with Crippen molar-refractivity contribution in [2.75, 3.05) is 13.1 Å². The molecular weight excluding hydrogens is 450 g/mol. The van der Waals surface area contributed by atoms with Crippen molar-refractivity contribution in [2.24, 2.45) is 0 Å². The number of pyridine rings is 1. The fourth-order valence-electron chi connectivity index (χ4n) is 4.21. The molecule has 4 aromatic rings. The Balaban J connectivity index is 1.42. The van der Waals surface area contributed by atoms with Gasteiger partial charge in [0.2, 0.25) is 11.7 Å². The van der Waals surface area contributed by atoms with Gasteiger partial charge in [0, 0.05) is 30.9 Å². The highest BCUT2D eigenvalue weighted by Gasteiger charge is 2.28. The van der Waals surface area contributed by atoms with Gasteiger partial charge in [-0.1, -0.05) is 25.9 Å². The van der Waals surface area contributed by atoms with Gasteiger partial charge in [0.05, 0.1) is 23.0 Å². The summed E-state index contributed by atoms with van der Waals surface area (Å²) in [6, 6.07) is 5.18. The number of rotatable bonds is 6. The van der Waals surface area contributed by atoms with Crippen LogP contribution in [-0.4, -0.2) is 59.0 Å². The largest absolute Gasteiger partial charge is 0.470 e. The fraction of sp³-hybridized carbons (Fsp3) is 0.417. The minimum absolute atomic E-state index is 0.0163. The number of amides is 1. The first-order valence-electron chi connectivity index (χ1n) is 11.5. The number of hydrogen-bond acceptors (Lipinski definition) is 9. The minimum Gasteiger partial charge on any atom is -0.470 e. The molecule has 4 aromatic heterocycles. The van der Waals surface area contributed by atoms with Crippen molar-refractivity contribution in [1.29, 1.82) is 0 Å². The molecule has 0 aliphatic carbocycles. The van der Waals surface area contributed by atoms with Crippen molar-refractivity contribution < 1.29 is 19.2 Å². The number of ether oxygens (including phenoxy) is 1. The second kappa shape index (κ2) is 9.06. The third-order valence-corrected chi connectivity index (χ3v) is 5.94. The molecule has 1 aliphatic rings. The van der Waals surface area contributed by atoms with Crippen LogP contribution < -0.4 is 4.74 Å². The number of hydrogen-bond donors (Lipinski definition) is 1. The lowest BCUT2D eigenvalue weighted by atomic mass is 9.88. The molecule has 182 valence electrons. The molecule has 0 aromatic carbocycles. The van der Waals surface area contributed by atoms with E-state index in [-0.39, 0.29) is 24.5 Å². The Bertz CT molecular complexity index is 1350. The van der Waals surface area contributed by atoms with Crippen molar-refractivity contribution in [2.45, 2.75) is 52.2 Å². The molecule has 0 spiro atoms. The summed E-state index contributed by atoms with van der Waals surface area (Å²) in [4.78, 5) is 18.9. The maximum atomic E-state index is 12.6. The van der Waals surface area contributed by atoms with E-state index in [9.17, 15) is 9.90 Å². The van der Waals surface area contributed by atoms with Gasteiger partial charge in [-0.05, 0) is 30.4 Å². The predicted molar refractivity (Wildman–Crippen MR) is 125 cm³/mol. The second-order valence-electron chi connectivity index (χ2n) is 9.56. The molecule has 1 fully saturated rings. The maximum absolute atomic E-state index is 12.6. The van der Waals surface area contributed by atoms with Gasteiger partial charge in [-0.25, -0.2) is 4.52 Å². The van der Waals surface area contributed by atoms with Crippen LogP contribution in [0.25, 0.3) is 17.0 Å². The Morgan fingerprint density at radius 1 is 1.20 bits per heavy atom. The Hall–Kier alpha value is -3.86. The van der Waals surface area contributed by atoms with E-state index >= 15 is 0 Å². The monoisotopic (exact) mass is 477 g/mol. The highest BCUT2D eigenvalue weighted by atomic mass is 16.5. The summed E-state index contributed by atoms with van der Waals surface area (Å²) in [6.07, 6.45) is 5.33. The zero-order valence-corrected chi connectivity index (χ0v) is 19.9. The van der Waals surface area contributed by atoms with Crippen LogP contribution in [0.2, 0.25) is 0 Å². The van der Waals surface area contributed by atoms with Gasteiger partial charge in [-0.2, -0.15) is 5.10 Å². The van der Waals surface area contributed by atoms with Gasteiger partial charge >= 0.3 is 0 Å². The highest BCUT2D eigenvalue weighted by molar-refractivity contribution is 5.94. The van der Waals surface area contributed by atoms with Gasteiger partial charge in [-0.3, -0.25) is 9.78 Å². The number of carbonyl (C=O) groups is 1. The van der Waals surface area contributed by atoms with Crippen LogP contribution in [0.5, 0.6) is 5.88 Å². The van der Waals surface area contributed by atoms with E-state index in [1.165, 1.54) is 0 Å². The van der Waals surface area contributed by atoms with Gasteiger partial charge in [-0.15, -0.1) is 10.2 Å². The number of aliphatic hydroxyl groups excluding tert-OH is 1. The van der Waals surface area contributed by atoms with Gasteiger partial charge in [0.25, 0.3) is 5.91 Å². The molecule has 0 saturated carbocycles. The Labute approximate surface area is 201 Å². The first kappa shape index (κ1) is 22.9. The average molecular weight is 478 g/mol. The average Bonchev–Trinajstić information content (AvgIpc) is 3.61. The standard InChI is InChI=1S/C24H27N7O4/c1-24(2,3)20-19-12-26-27-21(18-10-17(13-32)35-29-18)31(19)28-22(20)34-14-16-7-6-15(11-25-16)23(33)30-8-4-5-9-30/h6-7,10-12,32H,4-5,8-9,13-14H2,1-3H3. The molecule has 5 rings (SSSR count). The van der Waals surface area contributed by atoms with E-state index in [2.05, 4.69) is 46.2 Å². The maximum Gasteiger partial charge on any atom is 0.255 e. The predicted octanol–water partition coefficient (Wildman–Crippen LogP) is 2.78. The second-order valence-corrected chi connectivity index (χ2v) is 9.56. The molecule has 11 nitrogen and oxygen atoms in total. The first-order valence-corrected chi connectivity index (χ1v) is 11.5. The fourth-order valence-corrected chi connectivity index (χ4v) is 4.21.